The molecular formula is C14H11ClN4O2S. The van der Waals surface area contributed by atoms with Crippen molar-refractivity contribution in [1.82, 2.24) is 19.5 Å². The second-order valence-corrected chi connectivity index (χ2v) is 5.75. The van der Waals surface area contributed by atoms with Gasteiger partial charge in [0.05, 0.1) is 5.69 Å². The molecule has 0 saturated heterocycles. The largest absolute Gasteiger partial charge is 0.334 e. The van der Waals surface area contributed by atoms with Gasteiger partial charge in [-0.25, -0.2) is 19.3 Å². The third kappa shape index (κ3) is 2.32. The van der Waals surface area contributed by atoms with E-state index in [4.69, 9.17) is 11.6 Å². The van der Waals surface area contributed by atoms with Gasteiger partial charge >= 0.3 is 5.69 Å². The van der Waals surface area contributed by atoms with Crippen molar-refractivity contribution in [3.8, 4) is 5.69 Å². The fraction of sp³-hybridized carbons (Fsp3) is 0.143. The minimum atomic E-state index is -0.561. The Hall–Kier alpha value is -2.12. The predicted molar refractivity (Wildman–Crippen MR) is 87.3 cm³/mol. The number of hydrogen-bond donors (Lipinski definition) is 1. The van der Waals surface area contributed by atoms with E-state index in [1.165, 1.54) is 18.0 Å². The van der Waals surface area contributed by atoms with E-state index in [1.807, 2.05) is 6.26 Å². The number of thioether (sulfide) groups is 1. The van der Waals surface area contributed by atoms with E-state index < -0.39 is 11.2 Å². The number of nitrogens with zero attached hydrogens (tertiary/aromatic N) is 3. The van der Waals surface area contributed by atoms with Gasteiger partial charge in [0.2, 0.25) is 0 Å². The number of aromatic nitrogens is 4. The lowest BCUT2D eigenvalue weighted by atomic mass is 10.2. The molecule has 0 aliphatic rings. The summed E-state index contributed by atoms with van der Waals surface area (Å²) in [5, 5.41) is 1.22. The van der Waals surface area contributed by atoms with Gasteiger partial charge in [-0.1, -0.05) is 29.4 Å². The van der Waals surface area contributed by atoms with E-state index in [2.05, 4.69) is 15.0 Å². The molecule has 8 heteroatoms. The number of benzene rings is 1. The summed E-state index contributed by atoms with van der Waals surface area (Å²) in [5.74, 6) is 0. The third-order valence-electron chi connectivity index (χ3n) is 3.29. The Morgan fingerprint density at radius 2 is 2.09 bits per heavy atom. The summed E-state index contributed by atoms with van der Waals surface area (Å²) in [6.45, 7) is 1.75. The summed E-state index contributed by atoms with van der Waals surface area (Å²) in [6, 6.07) is 5.06. The van der Waals surface area contributed by atoms with Gasteiger partial charge in [-0.2, -0.15) is 0 Å². The minimum absolute atomic E-state index is 0.227. The maximum atomic E-state index is 12.6. The fourth-order valence-corrected chi connectivity index (χ4v) is 2.65. The first-order chi connectivity index (χ1) is 10.5. The van der Waals surface area contributed by atoms with Crippen LogP contribution >= 0.6 is 23.4 Å². The van der Waals surface area contributed by atoms with Gasteiger partial charge < -0.3 is 0 Å². The molecule has 1 N–H and O–H groups in total. The van der Waals surface area contributed by atoms with Gasteiger partial charge in [0.25, 0.3) is 5.56 Å². The number of halogens is 1. The fourth-order valence-electron chi connectivity index (χ4n) is 2.14. The van der Waals surface area contributed by atoms with Gasteiger partial charge in [-0.05, 0) is 30.9 Å². The molecule has 0 aliphatic carbocycles. The second kappa shape index (κ2) is 5.58. The summed E-state index contributed by atoms with van der Waals surface area (Å²) in [5.41, 5.74) is 0.281. The number of rotatable bonds is 2. The Kier molecular flexibility index (Phi) is 3.76. The van der Waals surface area contributed by atoms with Gasteiger partial charge in [-0.15, -0.1) is 0 Å². The van der Waals surface area contributed by atoms with Crippen molar-refractivity contribution >= 4 is 34.4 Å². The van der Waals surface area contributed by atoms with E-state index in [0.717, 1.165) is 4.57 Å². The van der Waals surface area contributed by atoms with E-state index >= 15 is 0 Å². The molecule has 22 heavy (non-hydrogen) atoms. The minimum Gasteiger partial charge on any atom is -0.291 e. The molecule has 6 nitrogen and oxygen atoms in total. The monoisotopic (exact) mass is 334 g/mol. The van der Waals surface area contributed by atoms with Crippen molar-refractivity contribution in [3.05, 3.63) is 55.8 Å². The van der Waals surface area contributed by atoms with Gasteiger partial charge in [0.15, 0.2) is 10.8 Å². The van der Waals surface area contributed by atoms with Crippen LogP contribution in [0.1, 0.15) is 5.56 Å². The Bertz CT molecular complexity index is 996. The molecule has 0 fully saturated rings. The molecule has 0 saturated carbocycles. The lowest BCUT2D eigenvalue weighted by Crippen LogP contribution is -2.34. The van der Waals surface area contributed by atoms with Crippen molar-refractivity contribution in [3.63, 3.8) is 0 Å². The third-order valence-corrected chi connectivity index (χ3v) is 4.26. The summed E-state index contributed by atoms with van der Waals surface area (Å²) >= 11 is 7.40. The summed E-state index contributed by atoms with van der Waals surface area (Å²) < 4.78 is 1.05. The summed E-state index contributed by atoms with van der Waals surface area (Å²) in [7, 11) is 0. The van der Waals surface area contributed by atoms with Crippen LogP contribution in [0.4, 0.5) is 0 Å². The van der Waals surface area contributed by atoms with Crippen LogP contribution in [0.3, 0.4) is 0 Å². The quantitative estimate of drug-likeness (QED) is 0.573. The molecule has 0 amide bonds. The zero-order valence-corrected chi connectivity index (χ0v) is 13.3. The van der Waals surface area contributed by atoms with E-state index in [1.54, 1.807) is 25.1 Å². The predicted octanol–water partition coefficient (Wildman–Crippen LogP) is 2.15. The Balaban J connectivity index is 2.39. The van der Waals surface area contributed by atoms with Crippen molar-refractivity contribution in [2.75, 3.05) is 6.26 Å². The van der Waals surface area contributed by atoms with E-state index in [-0.39, 0.29) is 11.0 Å². The van der Waals surface area contributed by atoms with Crippen LogP contribution in [-0.4, -0.2) is 25.8 Å². The number of fused-ring (bicyclic) bond motifs is 1. The summed E-state index contributed by atoms with van der Waals surface area (Å²) in [6.07, 6.45) is 3.23. The second-order valence-electron chi connectivity index (χ2n) is 4.57. The molecule has 2 aromatic heterocycles. The van der Waals surface area contributed by atoms with Crippen molar-refractivity contribution < 1.29 is 0 Å². The first-order valence-electron chi connectivity index (χ1n) is 6.34. The highest BCUT2D eigenvalue weighted by atomic mass is 35.5. The maximum Gasteiger partial charge on any atom is 0.334 e. The molecule has 0 aliphatic heterocycles. The van der Waals surface area contributed by atoms with E-state index in [9.17, 15) is 9.59 Å². The topological polar surface area (TPSA) is 80.6 Å². The normalized spacial score (nSPS) is 11.0. The number of nitrogens with one attached hydrogen (secondary N) is 1. The van der Waals surface area contributed by atoms with Gasteiger partial charge in [-0.3, -0.25) is 9.78 Å². The van der Waals surface area contributed by atoms with Crippen LogP contribution in [0.15, 0.2) is 39.1 Å². The van der Waals surface area contributed by atoms with Crippen LogP contribution in [0.25, 0.3) is 16.7 Å². The molecule has 0 radical (unpaired) electrons. The maximum absolute atomic E-state index is 12.6. The molecule has 3 rings (SSSR count). The number of hydrogen-bond acceptors (Lipinski definition) is 5. The Morgan fingerprint density at radius 1 is 1.32 bits per heavy atom. The standard InChI is InChI=1S/C14H11ClN4O2S/c1-7-9(15)4-3-5-10(7)19-12(20)8-6-16-13(22-2)17-11(8)18-14(19)21/h3-6H,1-2H3,(H,16,17,18,21). The first-order valence-corrected chi connectivity index (χ1v) is 7.94. The zero-order chi connectivity index (χ0) is 15.9. The zero-order valence-electron chi connectivity index (χ0n) is 11.8. The SMILES string of the molecule is CSc1ncc2c(=O)n(-c3cccc(Cl)c3C)c(=O)[nH]c2n1. The average molecular weight is 335 g/mol. The van der Waals surface area contributed by atoms with Crippen LogP contribution < -0.4 is 11.2 Å². The van der Waals surface area contributed by atoms with Gasteiger partial charge in [0, 0.05) is 11.2 Å². The molecule has 112 valence electrons. The molecule has 0 bridgehead atoms. The molecule has 0 unspecified atom stereocenters. The lowest BCUT2D eigenvalue weighted by Gasteiger charge is -2.10. The Morgan fingerprint density at radius 3 is 2.82 bits per heavy atom. The van der Waals surface area contributed by atoms with Crippen LogP contribution in [0.2, 0.25) is 5.02 Å². The molecule has 0 atom stereocenters. The smallest absolute Gasteiger partial charge is 0.291 e. The van der Waals surface area contributed by atoms with Crippen LogP contribution in [0.5, 0.6) is 0 Å². The van der Waals surface area contributed by atoms with Crippen molar-refractivity contribution in [2.45, 2.75) is 12.1 Å². The molecule has 2 heterocycles. The first kappa shape index (κ1) is 14.8. The van der Waals surface area contributed by atoms with Crippen molar-refractivity contribution in [1.29, 1.82) is 0 Å². The van der Waals surface area contributed by atoms with Crippen LogP contribution in [-0.2, 0) is 0 Å². The molecule has 3 aromatic rings. The lowest BCUT2D eigenvalue weighted by molar-refractivity contribution is 0.872. The highest BCUT2D eigenvalue weighted by molar-refractivity contribution is 7.98. The van der Waals surface area contributed by atoms with Gasteiger partial charge in [0.1, 0.15) is 5.39 Å². The van der Waals surface area contributed by atoms with E-state index in [0.29, 0.717) is 21.4 Å². The number of H-pyrrole nitrogens is 1. The summed E-state index contributed by atoms with van der Waals surface area (Å²) in [4.78, 5) is 35.8. The highest BCUT2D eigenvalue weighted by Crippen LogP contribution is 2.20. The number of aromatic amines is 1. The average Bonchev–Trinajstić information content (AvgIpc) is 2.50. The molecule has 1 aromatic carbocycles. The van der Waals surface area contributed by atoms with Crippen LogP contribution in [0, 0.1) is 6.92 Å². The molecule has 0 spiro atoms. The van der Waals surface area contributed by atoms with Crippen molar-refractivity contribution in [2.24, 2.45) is 0 Å². The molecular weight excluding hydrogens is 324 g/mol. The Labute approximate surface area is 134 Å². The highest BCUT2D eigenvalue weighted by Gasteiger charge is 2.14.